The van der Waals surface area contributed by atoms with Gasteiger partial charge in [-0.05, 0) is 18.6 Å². The van der Waals surface area contributed by atoms with Crippen molar-refractivity contribution in [1.82, 2.24) is 9.78 Å². The lowest BCUT2D eigenvalue weighted by molar-refractivity contribution is -0.121. The number of aromatic nitrogens is 2. The maximum Gasteiger partial charge on any atom is 0.262 e. The summed E-state index contributed by atoms with van der Waals surface area (Å²) in [5.74, 6) is 0.296. The quantitative estimate of drug-likeness (QED) is 0.920. The Morgan fingerprint density at radius 2 is 2.18 bits per heavy atom. The Morgan fingerprint density at radius 3 is 2.95 bits per heavy atom. The first-order chi connectivity index (χ1) is 10.6. The molecule has 2 aliphatic rings. The van der Waals surface area contributed by atoms with E-state index in [-0.39, 0.29) is 11.8 Å². The highest BCUT2D eigenvalue weighted by atomic mass is 32.2. The van der Waals surface area contributed by atoms with E-state index < -0.39 is 4.87 Å². The molecule has 0 aliphatic carbocycles. The molecule has 112 valence electrons. The fourth-order valence-corrected chi connectivity index (χ4v) is 4.41. The van der Waals surface area contributed by atoms with E-state index in [9.17, 15) is 9.59 Å². The molecule has 1 aromatic carbocycles. The van der Waals surface area contributed by atoms with Gasteiger partial charge in [0.05, 0.1) is 5.69 Å². The molecule has 1 aromatic heterocycles. The van der Waals surface area contributed by atoms with Gasteiger partial charge in [0, 0.05) is 30.6 Å². The van der Waals surface area contributed by atoms with E-state index in [0.29, 0.717) is 18.7 Å². The molecule has 2 aliphatic heterocycles. The van der Waals surface area contributed by atoms with E-state index in [0.717, 1.165) is 10.6 Å². The number of thioether (sulfide) groups is 1. The Hall–Kier alpha value is -2.28. The number of carbonyl (C=O) groups is 2. The summed E-state index contributed by atoms with van der Waals surface area (Å²) in [5, 5.41) is 7.01. The van der Waals surface area contributed by atoms with E-state index in [1.165, 1.54) is 11.8 Å². The number of anilines is 2. The van der Waals surface area contributed by atoms with Crippen molar-refractivity contribution >= 4 is 35.1 Å². The van der Waals surface area contributed by atoms with Gasteiger partial charge < -0.3 is 5.32 Å². The lowest BCUT2D eigenvalue weighted by Crippen LogP contribution is -2.49. The third-order valence-corrected chi connectivity index (χ3v) is 5.46. The molecular weight excluding hydrogens is 300 g/mol. The fraction of sp³-hybridized carbons (Fsp3) is 0.267. The highest BCUT2D eigenvalue weighted by Gasteiger charge is 2.57. The zero-order valence-corrected chi connectivity index (χ0v) is 12.8. The predicted molar refractivity (Wildman–Crippen MR) is 83.6 cm³/mol. The van der Waals surface area contributed by atoms with Crippen LogP contribution in [-0.4, -0.2) is 26.5 Å². The zero-order chi connectivity index (χ0) is 15.3. The van der Waals surface area contributed by atoms with Crippen molar-refractivity contribution in [2.75, 3.05) is 10.2 Å². The van der Waals surface area contributed by atoms with Crippen LogP contribution in [0, 0.1) is 0 Å². The third-order valence-electron chi connectivity index (χ3n) is 3.98. The Labute approximate surface area is 131 Å². The molecule has 1 N–H and O–H groups in total. The van der Waals surface area contributed by atoms with E-state index in [4.69, 9.17) is 0 Å². The fourth-order valence-electron chi connectivity index (χ4n) is 2.99. The van der Waals surface area contributed by atoms with Crippen LogP contribution in [0.3, 0.4) is 0 Å². The van der Waals surface area contributed by atoms with E-state index >= 15 is 0 Å². The van der Waals surface area contributed by atoms with Crippen molar-refractivity contribution in [2.45, 2.75) is 22.6 Å². The Kier molecular flexibility index (Phi) is 2.80. The number of aryl methyl sites for hydroxylation is 1. The zero-order valence-electron chi connectivity index (χ0n) is 11.9. The second kappa shape index (κ2) is 4.61. The van der Waals surface area contributed by atoms with Crippen LogP contribution in [-0.2, 0) is 16.6 Å². The Morgan fingerprint density at radius 1 is 1.36 bits per heavy atom. The maximum atomic E-state index is 12.9. The van der Waals surface area contributed by atoms with E-state index in [1.807, 2.05) is 24.3 Å². The summed E-state index contributed by atoms with van der Waals surface area (Å²) in [6.07, 6.45) is 2.65. The number of nitrogens with one attached hydrogen (secondary N) is 1. The number of rotatable bonds is 2. The van der Waals surface area contributed by atoms with Crippen LogP contribution in [0.15, 0.2) is 41.4 Å². The average molecular weight is 314 g/mol. The van der Waals surface area contributed by atoms with Crippen LogP contribution in [0.4, 0.5) is 11.5 Å². The number of para-hydroxylation sites is 1. The summed E-state index contributed by atoms with van der Waals surface area (Å²) in [6.45, 7) is 0. The third kappa shape index (κ3) is 1.78. The normalized spacial score (nSPS) is 22.6. The van der Waals surface area contributed by atoms with Gasteiger partial charge in [0.1, 0.15) is 0 Å². The van der Waals surface area contributed by atoms with E-state index in [1.54, 1.807) is 28.9 Å². The molecular formula is C15H14N4O2S. The van der Waals surface area contributed by atoms with Crippen LogP contribution in [0.5, 0.6) is 0 Å². The van der Waals surface area contributed by atoms with Crippen molar-refractivity contribution in [2.24, 2.45) is 7.05 Å². The number of nitrogens with zero attached hydrogens (tertiary/aromatic N) is 3. The summed E-state index contributed by atoms with van der Waals surface area (Å²) < 4.78 is 1.63. The number of hydrogen-bond acceptors (Lipinski definition) is 4. The molecule has 1 saturated heterocycles. The van der Waals surface area contributed by atoms with Crippen molar-refractivity contribution in [1.29, 1.82) is 0 Å². The van der Waals surface area contributed by atoms with Crippen molar-refractivity contribution in [3.8, 4) is 0 Å². The number of benzene rings is 1. The standard InChI is InChI=1S/C15H14N4O2S/c1-18-9-7-12(17-18)16-14(21)15-8-6-13(20)19(15)10-4-2-3-5-11(10)22-15/h2-5,7,9H,6,8H2,1H3,(H,16,17,21)/t15-/m0/s1. The van der Waals surface area contributed by atoms with Gasteiger partial charge in [-0.3, -0.25) is 19.2 Å². The maximum absolute atomic E-state index is 12.9. The second-order valence-corrected chi connectivity index (χ2v) is 6.73. The monoisotopic (exact) mass is 314 g/mol. The molecule has 7 heteroatoms. The van der Waals surface area contributed by atoms with Crippen LogP contribution < -0.4 is 10.2 Å². The molecule has 0 saturated carbocycles. The minimum Gasteiger partial charge on any atom is -0.306 e. The summed E-state index contributed by atoms with van der Waals surface area (Å²) in [5.41, 5.74) is 0.825. The molecule has 1 fully saturated rings. The molecule has 4 rings (SSSR count). The van der Waals surface area contributed by atoms with E-state index in [2.05, 4.69) is 10.4 Å². The smallest absolute Gasteiger partial charge is 0.262 e. The summed E-state index contributed by atoms with van der Waals surface area (Å²) >= 11 is 1.45. The minimum atomic E-state index is -0.891. The first-order valence-electron chi connectivity index (χ1n) is 7.02. The molecule has 3 heterocycles. The number of carbonyl (C=O) groups excluding carboxylic acids is 2. The largest absolute Gasteiger partial charge is 0.306 e. The van der Waals surface area contributed by atoms with Crippen molar-refractivity contribution in [3.63, 3.8) is 0 Å². The average Bonchev–Trinajstić information content (AvgIpc) is 3.14. The summed E-state index contributed by atoms with van der Waals surface area (Å²) in [7, 11) is 1.79. The Balaban J connectivity index is 1.71. The van der Waals surface area contributed by atoms with Gasteiger partial charge in [0.15, 0.2) is 10.7 Å². The van der Waals surface area contributed by atoms with Gasteiger partial charge in [0.25, 0.3) is 5.91 Å². The van der Waals surface area contributed by atoms with Gasteiger partial charge in [-0.1, -0.05) is 23.9 Å². The number of amides is 2. The first kappa shape index (κ1) is 13.4. The predicted octanol–water partition coefficient (Wildman–Crippen LogP) is 1.99. The first-order valence-corrected chi connectivity index (χ1v) is 7.84. The molecule has 0 unspecified atom stereocenters. The molecule has 2 aromatic rings. The highest BCUT2D eigenvalue weighted by molar-refractivity contribution is 8.02. The summed E-state index contributed by atoms with van der Waals surface area (Å²) in [6, 6.07) is 9.38. The highest BCUT2D eigenvalue weighted by Crippen LogP contribution is 2.55. The number of fused-ring (bicyclic) bond motifs is 3. The molecule has 1 atom stereocenters. The van der Waals surface area contributed by atoms with Crippen LogP contribution >= 0.6 is 11.8 Å². The summed E-state index contributed by atoms with van der Waals surface area (Å²) in [4.78, 5) is 26.9. The molecule has 2 amide bonds. The Bertz CT molecular complexity index is 787. The van der Waals surface area contributed by atoms with Crippen LogP contribution in [0.1, 0.15) is 12.8 Å². The molecule has 0 radical (unpaired) electrons. The lowest BCUT2D eigenvalue weighted by atomic mass is 10.2. The van der Waals surface area contributed by atoms with Gasteiger partial charge in [0.2, 0.25) is 5.91 Å². The molecule has 0 bridgehead atoms. The molecule has 0 spiro atoms. The molecule has 6 nitrogen and oxygen atoms in total. The van der Waals surface area contributed by atoms with Crippen molar-refractivity contribution < 1.29 is 9.59 Å². The van der Waals surface area contributed by atoms with Crippen LogP contribution in [0.25, 0.3) is 0 Å². The van der Waals surface area contributed by atoms with Gasteiger partial charge >= 0.3 is 0 Å². The topological polar surface area (TPSA) is 67.2 Å². The van der Waals surface area contributed by atoms with Crippen LogP contribution in [0.2, 0.25) is 0 Å². The lowest BCUT2D eigenvalue weighted by Gasteiger charge is -2.29. The van der Waals surface area contributed by atoms with Gasteiger partial charge in [-0.15, -0.1) is 0 Å². The number of hydrogen-bond donors (Lipinski definition) is 1. The second-order valence-electron chi connectivity index (χ2n) is 5.41. The van der Waals surface area contributed by atoms with Gasteiger partial charge in [-0.2, -0.15) is 5.10 Å². The van der Waals surface area contributed by atoms with Gasteiger partial charge in [-0.25, -0.2) is 0 Å². The SMILES string of the molecule is Cn1ccc(NC(=O)[C@@]23CCC(=O)N2c2ccccc2S3)n1. The minimum absolute atomic E-state index is 0.00591. The molecule has 22 heavy (non-hydrogen) atoms. The van der Waals surface area contributed by atoms with Crippen molar-refractivity contribution in [3.05, 3.63) is 36.5 Å².